The topological polar surface area (TPSA) is 21.3 Å². The normalized spacial score (nSPS) is 33.0. The Morgan fingerprint density at radius 1 is 1.60 bits per heavy atom. The predicted octanol–water partition coefficient (Wildman–Crippen LogP) is 1.17. The summed E-state index contributed by atoms with van der Waals surface area (Å²) in [6.45, 7) is 7.12. The molecular weight excluding hydrogens is 126 g/mol. The van der Waals surface area contributed by atoms with Crippen molar-refractivity contribution in [3.63, 3.8) is 0 Å². The van der Waals surface area contributed by atoms with Crippen LogP contribution in [0.2, 0.25) is 0 Å². The molecule has 1 N–H and O–H groups in total. The van der Waals surface area contributed by atoms with Gasteiger partial charge in [0.1, 0.15) is 0 Å². The van der Waals surface area contributed by atoms with Gasteiger partial charge in [0.15, 0.2) is 0 Å². The lowest BCUT2D eigenvalue weighted by molar-refractivity contribution is 0.0929. The number of rotatable bonds is 3. The number of hydrogen-bond acceptors (Lipinski definition) is 2. The second kappa shape index (κ2) is 3.35. The zero-order valence-corrected chi connectivity index (χ0v) is 6.94. The molecule has 0 aromatic rings. The Kier molecular flexibility index (Phi) is 2.69. The van der Waals surface area contributed by atoms with Crippen LogP contribution in [0, 0.1) is 0 Å². The molecule has 10 heavy (non-hydrogen) atoms. The lowest BCUT2D eigenvalue weighted by atomic mass is 10.0. The van der Waals surface area contributed by atoms with Gasteiger partial charge in [0.2, 0.25) is 0 Å². The molecule has 0 spiro atoms. The van der Waals surface area contributed by atoms with Crippen molar-refractivity contribution in [3.05, 3.63) is 0 Å². The first-order valence-corrected chi connectivity index (χ1v) is 4.10. The van der Waals surface area contributed by atoms with Gasteiger partial charge in [-0.25, -0.2) is 0 Å². The molecule has 1 saturated heterocycles. The molecule has 60 valence electrons. The van der Waals surface area contributed by atoms with E-state index in [-0.39, 0.29) is 5.54 Å². The molecule has 1 atom stereocenters. The van der Waals surface area contributed by atoms with Gasteiger partial charge in [0.25, 0.3) is 0 Å². The summed E-state index contributed by atoms with van der Waals surface area (Å²) in [6.07, 6.45) is 2.55. The van der Waals surface area contributed by atoms with Gasteiger partial charge in [-0.3, -0.25) is 0 Å². The van der Waals surface area contributed by atoms with Crippen molar-refractivity contribution >= 4 is 0 Å². The summed E-state index contributed by atoms with van der Waals surface area (Å²) in [5.74, 6) is 0. The van der Waals surface area contributed by atoms with Crippen molar-refractivity contribution in [2.45, 2.75) is 32.2 Å². The van der Waals surface area contributed by atoms with E-state index in [0.29, 0.717) is 0 Å². The van der Waals surface area contributed by atoms with Gasteiger partial charge >= 0.3 is 0 Å². The van der Waals surface area contributed by atoms with Crippen molar-refractivity contribution in [2.24, 2.45) is 0 Å². The van der Waals surface area contributed by atoms with Gasteiger partial charge < -0.3 is 10.1 Å². The molecule has 1 aliphatic heterocycles. The highest BCUT2D eigenvalue weighted by molar-refractivity contribution is 4.88. The van der Waals surface area contributed by atoms with Crippen LogP contribution in [0.4, 0.5) is 0 Å². The summed E-state index contributed by atoms with van der Waals surface area (Å²) in [5.41, 5.74) is 0.274. The summed E-state index contributed by atoms with van der Waals surface area (Å²) >= 11 is 0. The Hall–Kier alpha value is -0.0800. The van der Waals surface area contributed by atoms with Crippen LogP contribution in [-0.4, -0.2) is 25.3 Å². The Labute approximate surface area is 63.0 Å². The Balaban J connectivity index is 2.22. The molecule has 0 aliphatic carbocycles. The van der Waals surface area contributed by atoms with E-state index in [1.54, 1.807) is 0 Å². The molecule has 0 bridgehead atoms. The highest BCUT2D eigenvalue weighted by Crippen LogP contribution is 2.18. The summed E-state index contributed by atoms with van der Waals surface area (Å²) in [7, 11) is 0. The molecule has 2 nitrogen and oxygen atoms in total. The van der Waals surface area contributed by atoms with E-state index in [4.69, 9.17) is 4.74 Å². The molecule has 1 heterocycles. The molecule has 0 amide bonds. The van der Waals surface area contributed by atoms with Crippen LogP contribution in [-0.2, 0) is 4.74 Å². The third-order valence-electron chi connectivity index (χ3n) is 2.08. The highest BCUT2D eigenvalue weighted by Gasteiger charge is 2.27. The summed E-state index contributed by atoms with van der Waals surface area (Å²) < 4.78 is 5.36. The van der Waals surface area contributed by atoms with Crippen molar-refractivity contribution in [1.29, 1.82) is 0 Å². The minimum absolute atomic E-state index is 0.274. The average Bonchev–Trinajstić information content (AvgIpc) is 2.33. The number of nitrogens with one attached hydrogen (secondary N) is 1. The predicted molar refractivity (Wildman–Crippen MR) is 42.1 cm³/mol. The van der Waals surface area contributed by atoms with Gasteiger partial charge in [-0.2, -0.15) is 0 Å². The average molecular weight is 143 g/mol. The maximum atomic E-state index is 5.36. The fourth-order valence-corrected chi connectivity index (χ4v) is 1.41. The summed E-state index contributed by atoms with van der Waals surface area (Å²) in [5, 5.41) is 3.44. The minimum atomic E-state index is 0.274. The van der Waals surface area contributed by atoms with E-state index in [1.165, 1.54) is 12.8 Å². The highest BCUT2D eigenvalue weighted by atomic mass is 16.5. The van der Waals surface area contributed by atoms with Crippen molar-refractivity contribution in [3.8, 4) is 0 Å². The smallest absolute Gasteiger partial charge is 0.0645 e. The van der Waals surface area contributed by atoms with Gasteiger partial charge in [-0.05, 0) is 33.2 Å². The molecule has 0 saturated carbocycles. The van der Waals surface area contributed by atoms with Crippen LogP contribution in [0.5, 0.6) is 0 Å². The monoisotopic (exact) mass is 143 g/mol. The van der Waals surface area contributed by atoms with E-state index in [0.717, 1.165) is 19.8 Å². The van der Waals surface area contributed by atoms with Crippen LogP contribution < -0.4 is 5.32 Å². The summed E-state index contributed by atoms with van der Waals surface area (Å²) in [4.78, 5) is 0. The molecule has 0 radical (unpaired) electrons. The first-order valence-electron chi connectivity index (χ1n) is 4.10. The number of hydrogen-bond donors (Lipinski definition) is 1. The third kappa shape index (κ3) is 1.96. The molecule has 0 aromatic carbocycles. The van der Waals surface area contributed by atoms with Gasteiger partial charge in [0, 0.05) is 12.1 Å². The third-order valence-corrected chi connectivity index (χ3v) is 2.08. The van der Waals surface area contributed by atoms with Gasteiger partial charge in [0.05, 0.1) is 6.61 Å². The molecule has 0 aromatic heterocycles. The van der Waals surface area contributed by atoms with Crippen molar-refractivity contribution < 1.29 is 4.74 Å². The first-order chi connectivity index (χ1) is 4.77. The van der Waals surface area contributed by atoms with Crippen molar-refractivity contribution in [1.82, 2.24) is 5.32 Å². The molecule has 1 aliphatic rings. The molecule has 1 unspecified atom stereocenters. The zero-order chi connectivity index (χ0) is 7.45. The Bertz CT molecular complexity index is 97.4. The molecule has 1 fully saturated rings. The van der Waals surface area contributed by atoms with Crippen LogP contribution in [0.25, 0.3) is 0 Å². The quantitative estimate of drug-likeness (QED) is 0.640. The van der Waals surface area contributed by atoms with E-state index in [1.807, 2.05) is 6.92 Å². The largest absolute Gasteiger partial charge is 0.380 e. The second-order valence-electron chi connectivity index (χ2n) is 3.23. The molecule has 1 rings (SSSR count). The van der Waals surface area contributed by atoms with Gasteiger partial charge in [-0.1, -0.05) is 0 Å². The van der Waals surface area contributed by atoms with E-state index in [2.05, 4.69) is 12.2 Å². The molecule has 2 heteroatoms. The maximum absolute atomic E-state index is 5.36. The molecular formula is C8H17NO. The van der Waals surface area contributed by atoms with Crippen molar-refractivity contribution in [2.75, 3.05) is 19.8 Å². The Morgan fingerprint density at radius 2 is 2.40 bits per heavy atom. The summed E-state index contributed by atoms with van der Waals surface area (Å²) in [6, 6.07) is 0. The van der Waals surface area contributed by atoms with Crippen LogP contribution >= 0.6 is 0 Å². The lowest BCUT2D eigenvalue weighted by Crippen LogP contribution is -2.40. The maximum Gasteiger partial charge on any atom is 0.0645 e. The fraction of sp³-hybridized carbons (Fsp3) is 1.00. The van der Waals surface area contributed by atoms with Gasteiger partial charge in [-0.15, -0.1) is 0 Å². The second-order valence-corrected chi connectivity index (χ2v) is 3.23. The van der Waals surface area contributed by atoms with Crippen LogP contribution in [0.15, 0.2) is 0 Å². The SMILES string of the molecule is CCOCC1(C)CCCN1. The lowest BCUT2D eigenvalue weighted by Gasteiger charge is -2.23. The van der Waals surface area contributed by atoms with E-state index >= 15 is 0 Å². The fourth-order valence-electron chi connectivity index (χ4n) is 1.41. The van der Waals surface area contributed by atoms with Crippen LogP contribution in [0.1, 0.15) is 26.7 Å². The van der Waals surface area contributed by atoms with E-state index in [9.17, 15) is 0 Å². The zero-order valence-electron chi connectivity index (χ0n) is 6.94. The standard InChI is InChI=1S/C8H17NO/c1-3-10-7-8(2)5-4-6-9-8/h9H,3-7H2,1-2H3. The Morgan fingerprint density at radius 3 is 2.90 bits per heavy atom. The minimum Gasteiger partial charge on any atom is -0.380 e. The van der Waals surface area contributed by atoms with E-state index < -0.39 is 0 Å². The first kappa shape index (κ1) is 8.02. The van der Waals surface area contributed by atoms with Crippen LogP contribution in [0.3, 0.4) is 0 Å². The number of ether oxygens (including phenoxy) is 1.